The molecule has 0 aliphatic heterocycles. The van der Waals surface area contributed by atoms with E-state index in [2.05, 4.69) is 6.92 Å². The molecule has 2 rings (SSSR count). The molecule has 0 bridgehead atoms. The van der Waals surface area contributed by atoms with Crippen molar-refractivity contribution in [3.63, 3.8) is 0 Å². The van der Waals surface area contributed by atoms with Crippen LogP contribution in [0.15, 0.2) is 42.5 Å². The Balaban J connectivity index is 2.20. The van der Waals surface area contributed by atoms with Gasteiger partial charge >= 0.3 is 5.97 Å². The third kappa shape index (κ3) is 4.99. The van der Waals surface area contributed by atoms with Crippen LogP contribution in [0.25, 0.3) is 0 Å². The first-order valence-corrected chi connectivity index (χ1v) is 8.64. The average Bonchev–Trinajstić information content (AvgIpc) is 2.58. The van der Waals surface area contributed by atoms with Crippen LogP contribution in [0.2, 0.25) is 0 Å². The zero-order valence-electron chi connectivity index (χ0n) is 15.5. The number of ether oxygens (including phenoxy) is 1. The van der Waals surface area contributed by atoms with Crippen molar-refractivity contribution in [2.45, 2.75) is 32.6 Å². The van der Waals surface area contributed by atoms with E-state index in [1.54, 1.807) is 0 Å². The molecule has 1 N–H and O–H groups in total. The van der Waals surface area contributed by atoms with Crippen molar-refractivity contribution in [2.24, 2.45) is 0 Å². The first-order chi connectivity index (χ1) is 11.9. The fourth-order valence-corrected chi connectivity index (χ4v) is 2.78. The van der Waals surface area contributed by atoms with Gasteiger partial charge < -0.3 is 14.7 Å². The van der Waals surface area contributed by atoms with Crippen LogP contribution in [0.1, 0.15) is 36.0 Å². The predicted octanol–water partition coefficient (Wildman–Crippen LogP) is 4.26. The molecular formula is C21H27NO3. The van der Waals surface area contributed by atoms with E-state index < -0.39 is 11.9 Å². The van der Waals surface area contributed by atoms with Crippen LogP contribution in [0.3, 0.4) is 0 Å². The van der Waals surface area contributed by atoms with Crippen LogP contribution in [0, 0.1) is 6.92 Å². The molecule has 4 heteroatoms. The molecule has 0 fully saturated rings. The molecular weight excluding hydrogens is 314 g/mol. The van der Waals surface area contributed by atoms with Crippen molar-refractivity contribution in [3.05, 3.63) is 59.2 Å². The number of benzene rings is 2. The lowest BCUT2D eigenvalue weighted by Gasteiger charge is -2.17. The maximum Gasteiger partial charge on any atom is 0.311 e. The van der Waals surface area contributed by atoms with Crippen molar-refractivity contribution in [1.29, 1.82) is 0 Å². The van der Waals surface area contributed by atoms with Crippen molar-refractivity contribution < 1.29 is 14.6 Å². The molecule has 25 heavy (non-hydrogen) atoms. The number of nitrogens with zero attached hydrogens (tertiary/aromatic N) is 1. The minimum atomic E-state index is -0.807. The van der Waals surface area contributed by atoms with E-state index in [-0.39, 0.29) is 0 Å². The Hall–Kier alpha value is -2.49. The van der Waals surface area contributed by atoms with E-state index in [0.29, 0.717) is 13.0 Å². The quantitative estimate of drug-likeness (QED) is 0.779. The fourth-order valence-electron chi connectivity index (χ4n) is 2.78. The Kier molecular flexibility index (Phi) is 6.45. The van der Waals surface area contributed by atoms with Gasteiger partial charge in [0.05, 0.1) is 12.5 Å². The maximum absolute atomic E-state index is 11.8. The molecule has 0 saturated heterocycles. The first kappa shape index (κ1) is 18.8. The Bertz CT molecular complexity index is 708. The highest BCUT2D eigenvalue weighted by molar-refractivity contribution is 5.76. The third-order valence-corrected chi connectivity index (χ3v) is 4.25. The summed E-state index contributed by atoms with van der Waals surface area (Å²) in [6.45, 7) is 4.69. The van der Waals surface area contributed by atoms with Crippen LogP contribution in [0.4, 0.5) is 5.69 Å². The molecule has 0 aliphatic carbocycles. The summed E-state index contributed by atoms with van der Waals surface area (Å²) < 4.78 is 5.68. The summed E-state index contributed by atoms with van der Waals surface area (Å²) in [5.41, 5.74) is 3.90. The summed E-state index contributed by atoms with van der Waals surface area (Å²) in [7, 11) is 3.97. The molecule has 2 aromatic carbocycles. The molecule has 1 unspecified atom stereocenters. The number of hydrogen-bond acceptors (Lipinski definition) is 3. The van der Waals surface area contributed by atoms with Gasteiger partial charge in [-0.15, -0.1) is 0 Å². The minimum absolute atomic E-state index is 0.470. The van der Waals surface area contributed by atoms with Crippen molar-refractivity contribution in [2.75, 3.05) is 25.6 Å². The van der Waals surface area contributed by atoms with E-state index >= 15 is 0 Å². The SMILES string of the molecule is CCCOc1ccc(C(Cc2ccc(N(C)C)cc2)C(=O)O)cc1C. The molecule has 4 nitrogen and oxygen atoms in total. The van der Waals surface area contributed by atoms with E-state index in [4.69, 9.17) is 4.74 Å². The van der Waals surface area contributed by atoms with E-state index in [0.717, 1.165) is 34.5 Å². The van der Waals surface area contributed by atoms with Gasteiger partial charge in [0, 0.05) is 19.8 Å². The number of rotatable bonds is 8. The van der Waals surface area contributed by atoms with E-state index in [1.807, 2.05) is 68.4 Å². The van der Waals surface area contributed by atoms with Crippen LogP contribution >= 0.6 is 0 Å². The van der Waals surface area contributed by atoms with Gasteiger partial charge in [0.25, 0.3) is 0 Å². The van der Waals surface area contributed by atoms with Crippen molar-refractivity contribution >= 4 is 11.7 Å². The summed E-state index contributed by atoms with van der Waals surface area (Å²) in [6.07, 6.45) is 1.42. The maximum atomic E-state index is 11.8. The smallest absolute Gasteiger partial charge is 0.311 e. The molecule has 2 aromatic rings. The number of anilines is 1. The summed E-state index contributed by atoms with van der Waals surface area (Å²) in [6, 6.07) is 13.7. The number of carboxylic acid groups (broad SMARTS) is 1. The molecule has 1 atom stereocenters. The molecule has 0 amide bonds. The molecule has 0 heterocycles. The lowest BCUT2D eigenvalue weighted by atomic mass is 9.91. The predicted molar refractivity (Wildman–Crippen MR) is 102 cm³/mol. The van der Waals surface area contributed by atoms with Crippen LogP contribution in [-0.4, -0.2) is 31.8 Å². The summed E-state index contributed by atoms with van der Waals surface area (Å²) in [5.74, 6) is -0.549. The van der Waals surface area contributed by atoms with Crippen LogP contribution in [0.5, 0.6) is 5.75 Å². The number of carbonyl (C=O) groups is 1. The van der Waals surface area contributed by atoms with Gasteiger partial charge in [-0.3, -0.25) is 4.79 Å². The Labute approximate surface area is 150 Å². The number of aliphatic carboxylic acids is 1. The lowest BCUT2D eigenvalue weighted by molar-refractivity contribution is -0.138. The van der Waals surface area contributed by atoms with Gasteiger partial charge in [-0.2, -0.15) is 0 Å². The van der Waals surface area contributed by atoms with E-state index in [9.17, 15) is 9.90 Å². The molecule has 0 aliphatic rings. The van der Waals surface area contributed by atoms with Gasteiger partial charge in [-0.1, -0.05) is 31.2 Å². The molecule has 0 radical (unpaired) electrons. The zero-order valence-corrected chi connectivity index (χ0v) is 15.5. The second kappa shape index (κ2) is 8.56. The second-order valence-electron chi connectivity index (χ2n) is 6.53. The highest BCUT2D eigenvalue weighted by atomic mass is 16.5. The van der Waals surface area contributed by atoms with E-state index in [1.165, 1.54) is 0 Å². The van der Waals surface area contributed by atoms with Crippen LogP contribution in [-0.2, 0) is 11.2 Å². The van der Waals surface area contributed by atoms with Gasteiger partial charge in [-0.05, 0) is 54.7 Å². The number of hydrogen-bond donors (Lipinski definition) is 1. The topological polar surface area (TPSA) is 49.8 Å². The normalized spacial score (nSPS) is 11.8. The van der Waals surface area contributed by atoms with Crippen molar-refractivity contribution in [1.82, 2.24) is 0 Å². The Morgan fingerprint density at radius 2 is 1.84 bits per heavy atom. The van der Waals surface area contributed by atoms with Gasteiger partial charge in [0.15, 0.2) is 0 Å². The lowest BCUT2D eigenvalue weighted by Crippen LogP contribution is -2.15. The van der Waals surface area contributed by atoms with Crippen molar-refractivity contribution in [3.8, 4) is 5.75 Å². The Morgan fingerprint density at radius 3 is 2.36 bits per heavy atom. The fraction of sp³-hybridized carbons (Fsp3) is 0.381. The van der Waals surface area contributed by atoms with Gasteiger partial charge in [0.2, 0.25) is 0 Å². The largest absolute Gasteiger partial charge is 0.493 e. The number of carboxylic acids is 1. The first-order valence-electron chi connectivity index (χ1n) is 8.64. The number of aryl methyl sites for hydroxylation is 1. The highest BCUT2D eigenvalue weighted by Gasteiger charge is 2.21. The highest BCUT2D eigenvalue weighted by Crippen LogP contribution is 2.27. The van der Waals surface area contributed by atoms with Gasteiger partial charge in [-0.25, -0.2) is 0 Å². The zero-order chi connectivity index (χ0) is 18.4. The summed E-state index contributed by atoms with van der Waals surface area (Å²) in [4.78, 5) is 13.8. The minimum Gasteiger partial charge on any atom is -0.493 e. The second-order valence-corrected chi connectivity index (χ2v) is 6.53. The average molecular weight is 341 g/mol. The standard InChI is InChI=1S/C21H27NO3/c1-5-12-25-20-11-8-17(13-15(20)2)19(21(23)24)14-16-6-9-18(10-7-16)22(3)4/h6-11,13,19H,5,12,14H2,1-4H3,(H,23,24). The monoisotopic (exact) mass is 341 g/mol. The summed E-state index contributed by atoms with van der Waals surface area (Å²) in [5, 5.41) is 9.69. The van der Waals surface area contributed by atoms with Gasteiger partial charge in [0.1, 0.15) is 5.75 Å². The Morgan fingerprint density at radius 1 is 1.16 bits per heavy atom. The van der Waals surface area contributed by atoms with Crippen LogP contribution < -0.4 is 9.64 Å². The molecule has 0 aromatic heterocycles. The summed E-state index contributed by atoms with van der Waals surface area (Å²) >= 11 is 0. The third-order valence-electron chi connectivity index (χ3n) is 4.25. The molecule has 0 spiro atoms. The molecule has 134 valence electrons. The molecule has 0 saturated carbocycles.